The highest BCUT2D eigenvalue weighted by Crippen LogP contribution is 2.37. The maximum Gasteiger partial charge on any atom is 0.180 e. The van der Waals surface area contributed by atoms with Crippen LogP contribution in [0.4, 0.5) is 0 Å². The molecule has 0 bridgehead atoms. The Kier molecular flexibility index (Phi) is 2.73. The number of nitrogens with zero attached hydrogens (tertiary/aromatic N) is 1. The van der Waals surface area contributed by atoms with Crippen molar-refractivity contribution < 1.29 is 14.3 Å². The molecule has 3 rings (SSSR count). The molecule has 0 atom stereocenters. The Morgan fingerprint density at radius 3 is 2.53 bits per heavy atom. The second kappa shape index (κ2) is 4.18. The van der Waals surface area contributed by atoms with Crippen molar-refractivity contribution in [2.75, 3.05) is 14.2 Å². The van der Waals surface area contributed by atoms with Gasteiger partial charge in [0.25, 0.3) is 0 Å². The van der Waals surface area contributed by atoms with E-state index < -0.39 is 5.79 Å². The van der Waals surface area contributed by atoms with Gasteiger partial charge in [0.15, 0.2) is 11.6 Å². The summed E-state index contributed by atoms with van der Waals surface area (Å²) in [5.41, 5.74) is 2.88. The average Bonchev–Trinajstić information content (AvgIpc) is 2.73. The molecule has 1 aliphatic carbocycles. The minimum Gasteiger partial charge on any atom is -0.352 e. The number of rotatable bonds is 2. The summed E-state index contributed by atoms with van der Waals surface area (Å²) in [4.78, 5) is 12.5. The van der Waals surface area contributed by atoms with Crippen LogP contribution in [0, 0.1) is 0 Å². The SMILES string of the molecule is COC1(OC)CC(=O)c2c(n(C)c3ccccc23)C1. The smallest absolute Gasteiger partial charge is 0.180 e. The first kappa shape index (κ1) is 12.4. The third-order valence-electron chi connectivity index (χ3n) is 4.12. The van der Waals surface area contributed by atoms with Gasteiger partial charge in [-0.05, 0) is 6.07 Å². The molecule has 1 aliphatic rings. The third-order valence-corrected chi connectivity index (χ3v) is 4.12. The number of aromatic nitrogens is 1. The van der Waals surface area contributed by atoms with Crippen LogP contribution >= 0.6 is 0 Å². The number of hydrogen-bond donors (Lipinski definition) is 0. The molecule has 0 amide bonds. The van der Waals surface area contributed by atoms with Crippen LogP contribution in [0.5, 0.6) is 0 Å². The maximum atomic E-state index is 12.5. The molecule has 1 heterocycles. The first-order valence-electron chi connectivity index (χ1n) is 6.31. The number of carbonyl (C=O) groups excluding carboxylic acids is 1. The Balaban J connectivity index is 2.26. The maximum absolute atomic E-state index is 12.5. The topological polar surface area (TPSA) is 40.5 Å². The van der Waals surface area contributed by atoms with Crippen molar-refractivity contribution in [1.82, 2.24) is 4.57 Å². The van der Waals surface area contributed by atoms with Crippen LogP contribution in [-0.2, 0) is 22.9 Å². The molecule has 0 fully saturated rings. The van der Waals surface area contributed by atoms with Crippen molar-refractivity contribution in [3.05, 3.63) is 35.5 Å². The molecule has 1 aromatic carbocycles. The van der Waals surface area contributed by atoms with E-state index in [4.69, 9.17) is 9.47 Å². The van der Waals surface area contributed by atoms with Crippen molar-refractivity contribution in [2.45, 2.75) is 18.6 Å². The van der Waals surface area contributed by atoms with Gasteiger partial charge in [-0.3, -0.25) is 4.79 Å². The van der Waals surface area contributed by atoms with Crippen molar-refractivity contribution in [2.24, 2.45) is 7.05 Å². The number of methoxy groups -OCH3 is 2. The molecule has 0 saturated carbocycles. The summed E-state index contributed by atoms with van der Waals surface area (Å²) >= 11 is 0. The van der Waals surface area contributed by atoms with Gasteiger partial charge in [0.1, 0.15) is 0 Å². The summed E-state index contributed by atoms with van der Waals surface area (Å²) in [6, 6.07) is 7.98. The number of benzene rings is 1. The molecule has 4 heteroatoms. The average molecular weight is 259 g/mol. The zero-order valence-electron chi connectivity index (χ0n) is 11.4. The highest BCUT2D eigenvalue weighted by atomic mass is 16.7. The number of fused-ring (bicyclic) bond motifs is 3. The van der Waals surface area contributed by atoms with E-state index in [1.165, 1.54) is 0 Å². The van der Waals surface area contributed by atoms with E-state index in [-0.39, 0.29) is 12.2 Å². The fraction of sp³-hybridized carbons (Fsp3) is 0.400. The van der Waals surface area contributed by atoms with Gasteiger partial charge in [0, 0.05) is 49.8 Å². The summed E-state index contributed by atoms with van der Waals surface area (Å²) in [5, 5.41) is 1.02. The fourth-order valence-electron chi connectivity index (χ4n) is 2.99. The summed E-state index contributed by atoms with van der Waals surface area (Å²) in [6.45, 7) is 0. The zero-order chi connectivity index (χ0) is 13.6. The molecule has 19 heavy (non-hydrogen) atoms. The Labute approximate surface area is 111 Å². The second-order valence-electron chi connectivity index (χ2n) is 4.99. The van der Waals surface area contributed by atoms with Crippen LogP contribution in [0.1, 0.15) is 22.5 Å². The summed E-state index contributed by atoms with van der Waals surface area (Å²) in [6.07, 6.45) is 0.854. The zero-order valence-corrected chi connectivity index (χ0v) is 11.4. The number of ketones is 1. The molecule has 0 radical (unpaired) electrons. The second-order valence-corrected chi connectivity index (χ2v) is 4.99. The van der Waals surface area contributed by atoms with Gasteiger partial charge in [0.2, 0.25) is 0 Å². The van der Waals surface area contributed by atoms with Crippen LogP contribution < -0.4 is 0 Å². The molecule has 2 aromatic rings. The van der Waals surface area contributed by atoms with Gasteiger partial charge in [-0.25, -0.2) is 0 Å². The standard InChI is InChI=1S/C15H17NO3/c1-16-11-7-5-4-6-10(11)14-12(16)8-15(18-2,19-3)9-13(14)17/h4-7H,8-9H2,1-3H3. The summed E-state index contributed by atoms with van der Waals surface area (Å²) < 4.78 is 13.0. The van der Waals surface area contributed by atoms with Gasteiger partial charge in [0.05, 0.1) is 6.42 Å². The van der Waals surface area contributed by atoms with Gasteiger partial charge in [-0.1, -0.05) is 18.2 Å². The first-order chi connectivity index (χ1) is 9.12. The molecule has 100 valence electrons. The van der Waals surface area contributed by atoms with Crippen LogP contribution in [-0.4, -0.2) is 30.4 Å². The highest BCUT2D eigenvalue weighted by Gasteiger charge is 2.41. The quantitative estimate of drug-likeness (QED) is 0.777. The van der Waals surface area contributed by atoms with E-state index in [1.54, 1.807) is 14.2 Å². The lowest BCUT2D eigenvalue weighted by molar-refractivity contribution is -0.204. The lowest BCUT2D eigenvalue weighted by Crippen LogP contribution is -2.42. The molecule has 0 aliphatic heterocycles. The minimum absolute atomic E-state index is 0.0850. The van der Waals surface area contributed by atoms with E-state index in [0.717, 1.165) is 22.2 Å². The Hall–Kier alpha value is -1.65. The monoisotopic (exact) mass is 259 g/mol. The Bertz CT molecular complexity index is 653. The summed E-state index contributed by atoms with van der Waals surface area (Å²) in [7, 11) is 5.16. The van der Waals surface area contributed by atoms with Crippen LogP contribution in [0.2, 0.25) is 0 Å². The van der Waals surface area contributed by atoms with Crippen LogP contribution in [0.3, 0.4) is 0 Å². The molecular formula is C15H17NO3. The third kappa shape index (κ3) is 1.64. The molecule has 1 aromatic heterocycles. The normalized spacial score (nSPS) is 17.7. The lowest BCUT2D eigenvalue weighted by atomic mass is 9.89. The predicted octanol–water partition coefficient (Wildman–Crippen LogP) is 2.30. The molecule has 0 N–H and O–H groups in total. The Morgan fingerprint density at radius 1 is 1.16 bits per heavy atom. The van der Waals surface area contributed by atoms with Crippen LogP contribution in [0.15, 0.2) is 24.3 Å². The molecule has 0 unspecified atom stereocenters. The van der Waals surface area contributed by atoms with Gasteiger partial charge < -0.3 is 14.0 Å². The predicted molar refractivity (Wildman–Crippen MR) is 72.3 cm³/mol. The largest absolute Gasteiger partial charge is 0.352 e. The number of carbonyl (C=O) groups is 1. The number of para-hydroxylation sites is 1. The van der Waals surface area contributed by atoms with Gasteiger partial charge in [-0.2, -0.15) is 0 Å². The van der Waals surface area contributed by atoms with Crippen molar-refractivity contribution in [1.29, 1.82) is 0 Å². The number of Topliss-reactive ketones (excluding diaryl/α,β-unsaturated/α-hetero) is 1. The number of hydrogen-bond acceptors (Lipinski definition) is 3. The first-order valence-corrected chi connectivity index (χ1v) is 6.31. The van der Waals surface area contributed by atoms with Crippen molar-refractivity contribution in [3.63, 3.8) is 0 Å². The fourth-order valence-corrected chi connectivity index (χ4v) is 2.99. The van der Waals surface area contributed by atoms with Crippen LogP contribution in [0.25, 0.3) is 10.9 Å². The number of ether oxygens (including phenoxy) is 2. The van der Waals surface area contributed by atoms with Gasteiger partial charge >= 0.3 is 0 Å². The van der Waals surface area contributed by atoms with Crippen molar-refractivity contribution in [3.8, 4) is 0 Å². The highest BCUT2D eigenvalue weighted by molar-refractivity contribution is 6.10. The minimum atomic E-state index is -0.827. The van der Waals surface area contributed by atoms with E-state index in [1.807, 2.05) is 31.3 Å². The Morgan fingerprint density at radius 2 is 1.84 bits per heavy atom. The van der Waals surface area contributed by atoms with E-state index in [0.29, 0.717) is 6.42 Å². The number of aryl methyl sites for hydroxylation is 1. The molecule has 0 saturated heterocycles. The molecular weight excluding hydrogens is 242 g/mol. The van der Waals surface area contributed by atoms with Crippen molar-refractivity contribution >= 4 is 16.7 Å². The molecule has 4 nitrogen and oxygen atoms in total. The van der Waals surface area contributed by atoms with Gasteiger partial charge in [-0.15, -0.1) is 0 Å². The van der Waals surface area contributed by atoms with E-state index >= 15 is 0 Å². The van der Waals surface area contributed by atoms with E-state index in [2.05, 4.69) is 4.57 Å². The summed E-state index contributed by atoms with van der Waals surface area (Å²) in [5.74, 6) is -0.742. The van der Waals surface area contributed by atoms with E-state index in [9.17, 15) is 4.79 Å². The lowest BCUT2D eigenvalue weighted by Gasteiger charge is -2.34. The molecule has 0 spiro atoms.